The molecule has 0 unspecified atom stereocenters. The van der Waals surface area contributed by atoms with E-state index in [1.165, 1.54) is 0 Å². The zero-order valence-electron chi connectivity index (χ0n) is 10.8. The molecule has 0 aliphatic heterocycles. The molecule has 2 N–H and O–H groups in total. The van der Waals surface area contributed by atoms with E-state index in [1.54, 1.807) is 24.3 Å². The van der Waals surface area contributed by atoms with Crippen LogP contribution in [-0.2, 0) is 4.74 Å². The van der Waals surface area contributed by atoms with Crippen LogP contribution in [0.3, 0.4) is 0 Å². The molecule has 0 spiro atoms. The van der Waals surface area contributed by atoms with Gasteiger partial charge in [0.2, 0.25) is 0 Å². The van der Waals surface area contributed by atoms with E-state index in [1.807, 2.05) is 43.3 Å². The number of hydrogen-bond acceptors (Lipinski definition) is 3. The van der Waals surface area contributed by atoms with Gasteiger partial charge >= 0.3 is 5.97 Å². The van der Waals surface area contributed by atoms with E-state index in [-0.39, 0.29) is 12.0 Å². The summed E-state index contributed by atoms with van der Waals surface area (Å²) in [5.41, 5.74) is 7.35. The van der Waals surface area contributed by atoms with E-state index in [4.69, 9.17) is 10.5 Å². The maximum atomic E-state index is 12.1. The molecule has 0 amide bonds. The maximum absolute atomic E-state index is 12.1. The molecule has 0 aromatic heterocycles. The lowest BCUT2D eigenvalue weighted by molar-refractivity contribution is 0.0246. The highest BCUT2D eigenvalue weighted by Crippen LogP contribution is 2.21. The molecule has 0 bridgehead atoms. The molecule has 2 rings (SSSR count). The van der Waals surface area contributed by atoms with Crippen molar-refractivity contribution < 1.29 is 9.53 Å². The first-order chi connectivity index (χ1) is 9.18. The van der Waals surface area contributed by atoms with E-state index in [2.05, 4.69) is 0 Å². The van der Waals surface area contributed by atoms with Crippen LogP contribution < -0.4 is 5.73 Å². The van der Waals surface area contributed by atoms with Crippen molar-refractivity contribution in [3.63, 3.8) is 0 Å². The molecule has 0 aliphatic rings. The van der Waals surface area contributed by atoms with Crippen LogP contribution in [0, 0.1) is 0 Å². The summed E-state index contributed by atoms with van der Waals surface area (Å²) < 4.78 is 5.52. The first-order valence-corrected chi connectivity index (χ1v) is 6.25. The molecule has 0 saturated carbocycles. The molecule has 0 heterocycles. The van der Waals surface area contributed by atoms with E-state index < -0.39 is 6.10 Å². The van der Waals surface area contributed by atoms with Gasteiger partial charge in [-0.25, -0.2) is 4.79 Å². The number of carbonyl (C=O) groups excluding carboxylic acids is 1. The molecule has 0 saturated heterocycles. The Hall–Kier alpha value is -2.13. The minimum Gasteiger partial charge on any atom is -0.452 e. The van der Waals surface area contributed by atoms with Crippen LogP contribution in [0.15, 0.2) is 60.7 Å². The van der Waals surface area contributed by atoms with E-state index in [9.17, 15) is 4.79 Å². The van der Waals surface area contributed by atoms with Gasteiger partial charge in [0.25, 0.3) is 0 Å². The molecular formula is C16H17NO2. The van der Waals surface area contributed by atoms with Gasteiger partial charge in [-0.2, -0.15) is 0 Å². The van der Waals surface area contributed by atoms with Gasteiger partial charge in [0.1, 0.15) is 6.10 Å². The first kappa shape index (κ1) is 13.3. The van der Waals surface area contributed by atoms with Crippen molar-refractivity contribution in [3.05, 3.63) is 71.8 Å². The predicted molar refractivity (Wildman–Crippen MR) is 74.7 cm³/mol. The van der Waals surface area contributed by atoms with Crippen LogP contribution in [0.4, 0.5) is 0 Å². The molecular weight excluding hydrogens is 238 g/mol. The number of benzene rings is 2. The predicted octanol–water partition coefficient (Wildman–Crippen LogP) is 2.93. The number of ether oxygens (including phenoxy) is 1. The lowest BCUT2D eigenvalue weighted by atomic mass is 10.0. The molecule has 2 aromatic carbocycles. The minimum absolute atomic E-state index is 0.268. The Balaban J connectivity index is 2.17. The second kappa shape index (κ2) is 6.16. The Morgan fingerprint density at radius 2 is 1.53 bits per heavy atom. The molecule has 19 heavy (non-hydrogen) atoms. The second-order valence-electron chi connectivity index (χ2n) is 4.46. The first-order valence-electron chi connectivity index (χ1n) is 6.25. The minimum atomic E-state index is -0.436. The van der Waals surface area contributed by atoms with Gasteiger partial charge in [0, 0.05) is 6.04 Å². The molecule has 0 radical (unpaired) electrons. The molecule has 0 fully saturated rings. The van der Waals surface area contributed by atoms with Crippen molar-refractivity contribution in [2.24, 2.45) is 5.73 Å². The Kier molecular flexibility index (Phi) is 4.31. The summed E-state index contributed by atoms with van der Waals surface area (Å²) in [4.78, 5) is 12.1. The van der Waals surface area contributed by atoms with Crippen LogP contribution in [-0.4, -0.2) is 12.0 Å². The van der Waals surface area contributed by atoms with Gasteiger partial charge < -0.3 is 10.5 Å². The van der Waals surface area contributed by atoms with Gasteiger partial charge in [0.05, 0.1) is 5.56 Å². The van der Waals surface area contributed by atoms with Gasteiger partial charge in [-0.05, 0) is 24.6 Å². The van der Waals surface area contributed by atoms with Crippen LogP contribution in [0.5, 0.6) is 0 Å². The molecule has 2 atom stereocenters. The van der Waals surface area contributed by atoms with Crippen molar-refractivity contribution in [1.82, 2.24) is 0 Å². The summed E-state index contributed by atoms with van der Waals surface area (Å²) in [6.07, 6.45) is -0.436. The van der Waals surface area contributed by atoms with E-state index >= 15 is 0 Å². The topological polar surface area (TPSA) is 52.3 Å². The lowest BCUT2D eigenvalue weighted by Gasteiger charge is -2.21. The fourth-order valence-corrected chi connectivity index (χ4v) is 1.88. The highest BCUT2D eigenvalue weighted by atomic mass is 16.5. The molecule has 0 aliphatic carbocycles. The Morgan fingerprint density at radius 3 is 2.05 bits per heavy atom. The second-order valence-corrected chi connectivity index (χ2v) is 4.46. The average molecular weight is 255 g/mol. The SMILES string of the molecule is C[C@H](N)[C@@H](OC(=O)c1ccccc1)c1ccccc1. The molecule has 3 heteroatoms. The summed E-state index contributed by atoms with van der Waals surface area (Å²) in [5, 5.41) is 0. The van der Waals surface area contributed by atoms with Gasteiger partial charge in [-0.15, -0.1) is 0 Å². The number of esters is 1. The monoisotopic (exact) mass is 255 g/mol. The Bertz CT molecular complexity index is 523. The zero-order chi connectivity index (χ0) is 13.7. The Labute approximate surface area is 113 Å². The van der Waals surface area contributed by atoms with Crippen molar-refractivity contribution in [3.8, 4) is 0 Å². The van der Waals surface area contributed by atoms with Crippen molar-refractivity contribution >= 4 is 5.97 Å². The maximum Gasteiger partial charge on any atom is 0.338 e. The highest BCUT2D eigenvalue weighted by molar-refractivity contribution is 5.89. The van der Waals surface area contributed by atoms with E-state index in [0.717, 1.165) is 5.56 Å². The number of rotatable bonds is 4. The highest BCUT2D eigenvalue weighted by Gasteiger charge is 2.21. The molecule has 98 valence electrons. The van der Waals surface area contributed by atoms with E-state index in [0.29, 0.717) is 5.56 Å². The van der Waals surface area contributed by atoms with Crippen LogP contribution >= 0.6 is 0 Å². The number of carbonyl (C=O) groups is 1. The zero-order valence-corrected chi connectivity index (χ0v) is 10.8. The van der Waals surface area contributed by atoms with Gasteiger partial charge in [-0.3, -0.25) is 0 Å². The van der Waals surface area contributed by atoms with Crippen molar-refractivity contribution in [1.29, 1.82) is 0 Å². The summed E-state index contributed by atoms with van der Waals surface area (Å²) in [6.45, 7) is 1.83. The largest absolute Gasteiger partial charge is 0.452 e. The standard InChI is InChI=1S/C16H17NO2/c1-12(17)15(13-8-4-2-5-9-13)19-16(18)14-10-6-3-7-11-14/h2-12,15H,17H2,1H3/t12-,15+/m0/s1. The van der Waals surface area contributed by atoms with Gasteiger partial charge in [0.15, 0.2) is 0 Å². The third-order valence-electron chi connectivity index (χ3n) is 2.85. The fourth-order valence-electron chi connectivity index (χ4n) is 1.88. The summed E-state index contributed by atoms with van der Waals surface area (Å²) >= 11 is 0. The fraction of sp³-hybridized carbons (Fsp3) is 0.188. The number of hydrogen-bond donors (Lipinski definition) is 1. The quantitative estimate of drug-likeness (QED) is 0.855. The smallest absolute Gasteiger partial charge is 0.338 e. The molecule has 3 nitrogen and oxygen atoms in total. The van der Waals surface area contributed by atoms with Crippen molar-refractivity contribution in [2.75, 3.05) is 0 Å². The van der Waals surface area contributed by atoms with Crippen LogP contribution in [0.1, 0.15) is 28.9 Å². The third kappa shape index (κ3) is 3.42. The van der Waals surface area contributed by atoms with Crippen molar-refractivity contribution in [2.45, 2.75) is 19.1 Å². The third-order valence-corrected chi connectivity index (χ3v) is 2.85. The van der Waals surface area contributed by atoms with Crippen LogP contribution in [0.2, 0.25) is 0 Å². The average Bonchev–Trinajstić information content (AvgIpc) is 2.46. The van der Waals surface area contributed by atoms with Gasteiger partial charge in [-0.1, -0.05) is 48.5 Å². The lowest BCUT2D eigenvalue weighted by Crippen LogP contribution is -2.28. The molecule has 2 aromatic rings. The summed E-state index contributed by atoms with van der Waals surface area (Å²) in [7, 11) is 0. The summed E-state index contributed by atoms with van der Waals surface area (Å²) in [6, 6.07) is 18.2. The number of nitrogens with two attached hydrogens (primary N) is 1. The van der Waals surface area contributed by atoms with Crippen LogP contribution in [0.25, 0.3) is 0 Å². The Morgan fingerprint density at radius 1 is 1.00 bits per heavy atom. The summed E-state index contributed by atoms with van der Waals surface area (Å²) in [5.74, 6) is -0.355. The normalized spacial score (nSPS) is 13.6.